The third-order valence-electron chi connectivity index (χ3n) is 8.50. The lowest BCUT2D eigenvalue weighted by atomic mass is 10.2. The monoisotopic (exact) mass is 987 g/mol. The number of hydrazone groups is 2. The Morgan fingerprint density at radius 1 is 0.778 bits per heavy atom. The summed E-state index contributed by atoms with van der Waals surface area (Å²) in [5.74, 6) is 2.50. The van der Waals surface area contributed by atoms with Crippen molar-refractivity contribution in [1.29, 1.82) is 0 Å². The van der Waals surface area contributed by atoms with Crippen LogP contribution in [-0.2, 0) is 30.8 Å². The number of aryl methyl sites for hydroxylation is 1. The number of halogens is 4. The molecule has 0 radical (unpaired) electrons. The van der Waals surface area contributed by atoms with E-state index in [1.165, 1.54) is 22.7 Å². The van der Waals surface area contributed by atoms with Gasteiger partial charge in [-0.25, -0.2) is 40.2 Å². The third-order valence-corrected chi connectivity index (χ3v) is 11.2. The highest BCUT2D eigenvalue weighted by molar-refractivity contribution is 7.16. The van der Waals surface area contributed by atoms with Crippen LogP contribution in [0.2, 0.25) is 19.2 Å². The van der Waals surface area contributed by atoms with Crippen LogP contribution in [-0.4, -0.2) is 141 Å². The van der Waals surface area contributed by atoms with Gasteiger partial charge in [-0.2, -0.15) is 0 Å². The lowest BCUT2D eigenvalue weighted by Gasteiger charge is -2.34. The van der Waals surface area contributed by atoms with E-state index in [1.54, 1.807) is 62.8 Å². The number of hydrogen-bond donors (Lipinski definition) is 3. The molecule has 340 valence electrons. The Kier molecular flexibility index (Phi) is 21.1. The molecule has 3 saturated heterocycles. The normalized spacial score (nSPS) is 16.7. The van der Waals surface area contributed by atoms with Crippen molar-refractivity contribution < 1.29 is 14.8 Å². The molecule has 7 rings (SSSR count). The molecule has 0 atom stereocenters. The fourth-order valence-corrected chi connectivity index (χ4v) is 7.91. The molecular weight excluding hydrogens is 944 g/mol. The fraction of sp³-hybridized carbons (Fsp3) is 0.429. The summed E-state index contributed by atoms with van der Waals surface area (Å²) in [6.07, 6.45) is 7.99. The Hall–Kier alpha value is -5.24. The Morgan fingerprint density at radius 3 is 1.75 bits per heavy atom. The first-order valence-corrected chi connectivity index (χ1v) is 21.9. The predicted octanol–water partition coefficient (Wildman–Crippen LogP) is 4.81. The number of guanidine groups is 3. The van der Waals surface area contributed by atoms with E-state index in [0.717, 1.165) is 72.1 Å². The summed E-state index contributed by atoms with van der Waals surface area (Å²) in [6.45, 7) is 6.44. The first kappa shape index (κ1) is 50.4. The molecule has 0 bridgehead atoms. The van der Waals surface area contributed by atoms with E-state index in [-0.39, 0.29) is 19.4 Å². The summed E-state index contributed by atoms with van der Waals surface area (Å²) in [5.41, 5.74) is 2.29. The SMILES string of the molecule is CN/C(CCc1cnc(Cl)s1)=N\[N+](=O)[O-].CN1COCN(Cc2cnc(Cl)s2)/C1=N/[N+](=O)[O-].CN=C1NCCN1Cc1ccc(Cl)nc1.CN=C1NCCN1Cc1ccc(Cl)nc1. The van der Waals surface area contributed by atoms with Gasteiger partial charge in [-0.15, -0.1) is 22.7 Å². The Labute approximate surface area is 391 Å². The number of aliphatic imine (C=N–C) groups is 2. The summed E-state index contributed by atoms with van der Waals surface area (Å²) in [7, 11) is 6.86. The van der Waals surface area contributed by atoms with Crippen LogP contribution in [0.3, 0.4) is 0 Å². The van der Waals surface area contributed by atoms with Gasteiger partial charge >= 0.3 is 0 Å². The van der Waals surface area contributed by atoms with Gasteiger partial charge in [0.25, 0.3) is 5.96 Å². The minimum Gasteiger partial charge on any atom is -0.372 e. The number of nitrogens with one attached hydrogen (secondary N) is 3. The number of nitro groups is 2. The van der Waals surface area contributed by atoms with Crippen LogP contribution in [0, 0.1) is 20.2 Å². The Bertz CT molecular complexity index is 2120. The van der Waals surface area contributed by atoms with Gasteiger partial charge < -0.3 is 40.3 Å². The van der Waals surface area contributed by atoms with Crippen molar-refractivity contribution in [3.63, 3.8) is 0 Å². The van der Waals surface area contributed by atoms with Crippen LogP contribution < -0.4 is 16.0 Å². The summed E-state index contributed by atoms with van der Waals surface area (Å²) in [5, 5.41) is 35.9. The standard InChI is InChI=1S/2C10H13ClN4.C8H10ClN5O3S.C7H9ClN4O2S/c2*1-12-10-13-4-5-15(10)7-8-2-3-9(11)14-6-8;1-12-4-17-5-13(8(12)11-14(15)16)3-6-2-10-7(9)18-6;1-9-6(11-12(13)14)3-2-5-4-10-7(8)15-5/h2*2-3,6H,4-5,7H2,1H3,(H,12,13);2H,3-5H2,1H3;4H,2-3H2,1H3,(H,9,11)/b;;11-8+;. The lowest BCUT2D eigenvalue weighted by molar-refractivity contribution is -0.486. The van der Waals surface area contributed by atoms with E-state index < -0.39 is 10.1 Å². The van der Waals surface area contributed by atoms with Gasteiger partial charge in [0.1, 0.15) is 28.9 Å². The molecule has 4 aromatic heterocycles. The van der Waals surface area contributed by atoms with Crippen LogP contribution in [0.25, 0.3) is 0 Å². The zero-order valence-electron chi connectivity index (χ0n) is 34.5. The Morgan fingerprint density at radius 2 is 1.32 bits per heavy atom. The zero-order valence-corrected chi connectivity index (χ0v) is 39.2. The number of rotatable bonds is 11. The zero-order chi connectivity index (χ0) is 45.7. The number of pyridine rings is 2. The number of amidine groups is 1. The van der Waals surface area contributed by atoms with E-state index in [1.807, 2.05) is 24.3 Å². The second-order valence-corrected chi connectivity index (χ2v) is 17.1. The molecule has 0 amide bonds. The second kappa shape index (κ2) is 26.4. The third kappa shape index (κ3) is 17.8. The van der Waals surface area contributed by atoms with Crippen LogP contribution in [0.1, 0.15) is 27.3 Å². The van der Waals surface area contributed by atoms with Gasteiger partial charge in [0, 0.05) is 108 Å². The fourth-order valence-electron chi connectivity index (χ4n) is 5.71. The minimum absolute atomic E-state index is 0.243. The molecule has 3 N–H and O–H groups in total. The van der Waals surface area contributed by atoms with E-state index in [9.17, 15) is 20.2 Å². The van der Waals surface area contributed by atoms with Crippen molar-refractivity contribution in [1.82, 2.24) is 55.5 Å². The van der Waals surface area contributed by atoms with Crippen molar-refractivity contribution >= 4 is 92.8 Å². The molecule has 3 aliphatic rings. The summed E-state index contributed by atoms with van der Waals surface area (Å²) in [6, 6.07) is 7.59. The molecule has 3 fully saturated rings. The number of ether oxygens (including phenoxy) is 1. The summed E-state index contributed by atoms with van der Waals surface area (Å²) >= 11 is 25.5. The lowest BCUT2D eigenvalue weighted by Crippen LogP contribution is -2.49. The molecular formula is C35H45Cl4N17O5S2. The van der Waals surface area contributed by atoms with Crippen molar-refractivity contribution in [3.05, 3.63) is 109 Å². The van der Waals surface area contributed by atoms with Crippen LogP contribution in [0.5, 0.6) is 0 Å². The van der Waals surface area contributed by atoms with E-state index in [4.69, 9.17) is 51.1 Å². The van der Waals surface area contributed by atoms with Gasteiger partial charge in [0.15, 0.2) is 36.8 Å². The van der Waals surface area contributed by atoms with Crippen LogP contribution in [0.15, 0.2) is 69.2 Å². The maximum absolute atomic E-state index is 10.5. The minimum atomic E-state index is -0.718. The van der Waals surface area contributed by atoms with Gasteiger partial charge in [-0.1, -0.05) is 58.5 Å². The van der Waals surface area contributed by atoms with Crippen LogP contribution in [0.4, 0.5) is 0 Å². The molecule has 28 heteroatoms. The van der Waals surface area contributed by atoms with Gasteiger partial charge in [-0.3, -0.25) is 9.98 Å². The number of thiazole rings is 2. The largest absolute Gasteiger partial charge is 0.372 e. The maximum Gasteiger partial charge on any atom is 0.277 e. The highest BCUT2D eigenvalue weighted by Gasteiger charge is 2.26. The Balaban J connectivity index is 0.000000185. The second-order valence-electron chi connectivity index (χ2n) is 13.0. The van der Waals surface area contributed by atoms with Crippen molar-refractivity contribution in [2.45, 2.75) is 32.5 Å². The molecule has 0 saturated carbocycles. The number of aromatic nitrogens is 4. The highest BCUT2D eigenvalue weighted by atomic mass is 35.5. The molecule has 4 aromatic rings. The number of hydrogen-bond acceptors (Lipinski definition) is 13. The molecule has 7 heterocycles. The average molecular weight is 990 g/mol. The van der Waals surface area contributed by atoms with Crippen molar-refractivity contribution in [2.75, 3.05) is 67.8 Å². The first-order chi connectivity index (χ1) is 30.3. The average Bonchev–Trinajstić information content (AvgIpc) is 4.09. The van der Waals surface area contributed by atoms with E-state index >= 15 is 0 Å². The van der Waals surface area contributed by atoms with Gasteiger partial charge in [0.05, 0.1) is 11.6 Å². The summed E-state index contributed by atoms with van der Waals surface area (Å²) in [4.78, 5) is 54.3. The molecule has 3 aliphatic heterocycles. The number of nitrogens with zero attached hydrogens (tertiary/aromatic N) is 14. The quantitative estimate of drug-likeness (QED) is 0.0600. The van der Waals surface area contributed by atoms with Gasteiger partial charge in [-0.05, 0) is 29.7 Å². The van der Waals surface area contributed by atoms with Gasteiger partial charge in [0.2, 0.25) is 0 Å². The van der Waals surface area contributed by atoms with Crippen molar-refractivity contribution in [3.8, 4) is 0 Å². The topological polar surface area (TPSA) is 246 Å². The molecule has 0 aromatic carbocycles. The molecule has 22 nitrogen and oxygen atoms in total. The maximum atomic E-state index is 10.5. The van der Waals surface area contributed by atoms with Crippen LogP contribution >= 0.6 is 69.1 Å². The molecule has 0 unspecified atom stereocenters. The predicted molar refractivity (Wildman–Crippen MR) is 247 cm³/mol. The highest BCUT2D eigenvalue weighted by Crippen LogP contribution is 2.21. The van der Waals surface area contributed by atoms with Crippen molar-refractivity contribution in [2.24, 2.45) is 20.2 Å². The van der Waals surface area contributed by atoms with E-state index in [0.29, 0.717) is 44.5 Å². The smallest absolute Gasteiger partial charge is 0.277 e. The van der Waals surface area contributed by atoms with E-state index in [2.05, 4.69) is 65.9 Å². The molecule has 0 aliphatic carbocycles. The molecule has 63 heavy (non-hydrogen) atoms. The first-order valence-electron chi connectivity index (χ1n) is 18.8. The molecule has 0 spiro atoms. The summed E-state index contributed by atoms with van der Waals surface area (Å²) < 4.78 is 6.19.